The van der Waals surface area contributed by atoms with E-state index in [-0.39, 0.29) is 19.7 Å². The van der Waals surface area contributed by atoms with E-state index in [1.54, 1.807) is 0 Å². The number of carboxylic acid groups (broad SMARTS) is 1. The van der Waals surface area contributed by atoms with Crippen LogP contribution in [0.2, 0.25) is 0 Å². The first-order valence-corrected chi connectivity index (χ1v) is 7.70. The van der Waals surface area contributed by atoms with Crippen LogP contribution in [-0.4, -0.2) is 53.9 Å². The Balaban J connectivity index is 4.61. The maximum absolute atomic E-state index is 12.0. The maximum Gasteiger partial charge on any atom is 0.323 e. The van der Waals surface area contributed by atoms with Gasteiger partial charge in [-0.1, -0.05) is 26.2 Å². The van der Waals surface area contributed by atoms with E-state index in [1.807, 2.05) is 0 Å². The van der Waals surface area contributed by atoms with Crippen molar-refractivity contribution < 1.29 is 23.4 Å². The van der Waals surface area contributed by atoms with Crippen LogP contribution in [0.5, 0.6) is 0 Å². The molecule has 1 unspecified atom stereocenters. The molecule has 0 radical (unpaired) electrons. The van der Waals surface area contributed by atoms with Crippen molar-refractivity contribution >= 4 is 16.0 Å². The van der Waals surface area contributed by atoms with E-state index in [1.165, 1.54) is 0 Å². The van der Waals surface area contributed by atoms with Crippen molar-refractivity contribution in [1.82, 2.24) is 4.31 Å². The number of hydrogen-bond donors (Lipinski definition) is 2. The van der Waals surface area contributed by atoms with Gasteiger partial charge in [-0.2, -0.15) is 4.31 Å². The molecule has 1 atom stereocenters. The Morgan fingerprint density at radius 3 is 2.28 bits per heavy atom. The van der Waals surface area contributed by atoms with Crippen LogP contribution in [0.25, 0.3) is 0 Å². The van der Waals surface area contributed by atoms with Gasteiger partial charge in [-0.3, -0.25) is 4.79 Å². The van der Waals surface area contributed by atoms with Crippen molar-refractivity contribution in [3.63, 3.8) is 0 Å². The molecule has 0 rings (SSSR count). The third-order valence-electron chi connectivity index (χ3n) is 2.76. The minimum atomic E-state index is -3.88. The standard InChI is InChI=1S/C11H23NO5S/c1-3-4-5-6-7-12(8-9-13)18(16,17)10(2)11(14)15/h10,13H,3-9H2,1-2H3,(H,14,15). The number of unbranched alkanes of at least 4 members (excludes halogenated alkanes) is 3. The van der Waals surface area contributed by atoms with Crippen LogP contribution in [0.3, 0.4) is 0 Å². The molecule has 2 N–H and O–H groups in total. The number of hydrogen-bond acceptors (Lipinski definition) is 4. The number of aliphatic carboxylic acids is 1. The fourth-order valence-corrected chi connectivity index (χ4v) is 2.97. The van der Waals surface area contributed by atoms with Crippen LogP contribution in [-0.2, 0) is 14.8 Å². The quantitative estimate of drug-likeness (QED) is 0.574. The van der Waals surface area contributed by atoms with Gasteiger partial charge in [0.05, 0.1) is 6.61 Å². The monoisotopic (exact) mass is 281 g/mol. The summed E-state index contributed by atoms with van der Waals surface area (Å²) in [7, 11) is -3.88. The third-order valence-corrected chi connectivity index (χ3v) is 4.95. The van der Waals surface area contributed by atoms with Gasteiger partial charge in [0, 0.05) is 13.1 Å². The van der Waals surface area contributed by atoms with Gasteiger partial charge in [0.2, 0.25) is 10.0 Å². The van der Waals surface area contributed by atoms with Gasteiger partial charge in [-0.25, -0.2) is 8.42 Å². The van der Waals surface area contributed by atoms with Crippen molar-refractivity contribution in [2.75, 3.05) is 19.7 Å². The lowest BCUT2D eigenvalue weighted by Gasteiger charge is -2.23. The highest BCUT2D eigenvalue weighted by Crippen LogP contribution is 2.11. The third kappa shape index (κ3) is 5.32. The largest absolute Gasteiger partial charge is 0.480 e. The highest BCUT2D eigenvalue weighted by molar-refractivity contribution is 7.90. The molecule has 0 spiro atoms. The van der Waals surface area contributed by atoms with Crippen LogP contribution in [0.1, 0.15) is 39.5 Å². The van der Waals surface area contributed by atoms with Crippen LogP contribution < -0.4 is 0 Å². The van der Waals surface area contributed by atoms with Gasteiger partial charge in [-0.05, 0) is 13.3 Å². The molecule has 108 valence electrons. The SMILES string of the molecule is CCCCCCN(CCO)S(=O)(=O)C(C)C(=O)O. The van der Waals surface area contributed by atoms with E-state index in [0.29, 0.717) is 6.42 Å². The number of sulfonamides is 1. The van der Waals surface area contributed by atoms with Crippen LogP contribution in [0.4, 0.5) is 0 Å². The summed E-state index contributed by atoms with van der Waals surface area (Å²) < 4.78 is 25.0. The van der Waals surface area contributed by atoms with Gasteiger partial charge >= 0.3 is 5.97 Å². The van der Waals surface area contributed by atoms with Gasteiger partial charge in [-0.15, -0.1) is 0 Å². The summed E-state index contributed by atoms with van der Waals surface area (Å²) in [5.74, 6) is -1.37. The van der Waals surface area contributed by atoms with Gasteiger partial charge in [0.25, 0.3) is 0 Å². The Morgan fingerprint density at radius 2 is 1.83 bits per heavy atom. The Hall–Kier alpha value is -0.660. The molecule has 0 heterocycles. The molecule has 0 amide bonds. The first-order valence-electron chi connectivity index (χ1n) is 6.20. The van der Waals surface area contributed by atoms with Crippen LogP contribution in [0.15, 0.2) is 0 Å². The van der Waals surface area contributed by atoms with Crippen LogP contribution in [0, 0.1) is 0 Å². The first-order chi connectivity index (χ1) is 8.37. The number of rotatable bonds is 10. The summed E-state index contributed by atoms with van der Waals surface area (Å²) in [5, 5.41) is 16.2. The highest BCUT2D eigenvalue weighted by atomic mass is 32.2. The molecule has 0 fully saturated rings. The average molecular weight is 281 g/mol. The Morgan fingerprint density at radius 1 is 1.22 bits per heavy atom. The fraction of sp³-hybridized carbons (Fsp3) is 0.909. The number of aliphatic hydroxyl groups excluding tert-OH is 1. The lowest BCUT2D eigenvalue weighted by molar-refractivity contribution is -0.136. The fourth-order valence-electron chi connectivity index (χ4n) is 1.54. The topological polar surface area (TPSA) is 94.9 Å². The van der Waals surface area contributed by atoms with Crippen molar-refractivity contribution in [1.29, 1.82) is 0 Å². The van der Waals surface area contributed by atoms with E-state index in [9.17, 15) is 13.2 Å². The second-order valence-electron chi connectivity index (χ2n) is 4.21. The number of carbonyl (C=O) groups is 1. The Kier molecular flexibility index (Phi) is 8.13. The smallest absolute Gasteiger partial charge is 0.323 e. The summed E-state index contributed by atoms with van der Waals surface area (Å²) in [4.78, 5) is 10.8. The van der Waals surface area contributed by atoms with Crippen LogP contribution >= 0.6 is 0 Å². The van der Waals surface area contributed by atoms with E-state index >= 15 is 0 Å². The van der Waals surface area contributed by atoms with E-state index in [2.05, 4.69) is 6.92 Å². The second kappa shape index (κ2) is 8.44. The number of carboxylic acids is 1. The molecule has 0 saturated heterocycles. The zero-order chi connectivity index (χ0) is 14.2. The molecule has 0 saturated carbocycles. The maximum atomic E-state index is 12.0. The van der Waals surface area contributed by atoms with Gasteiger partial charge < -0.3 is 10.2 Å². The van der Waals surface area contributed by atoms with Crippen molar-refractivity contribution in [3.8, 4) is 0 Å². The van der Waals surface area contributed by atoms with Crippen molar-refractivity contribution in [3.05, 3.63) is 0 Å². The number of aliphatic hydroxyl groups is 1. The van der Waals surface area contributed by atoms with Crippen molar-refractivity contribution in [2.45, 2.75) is 44.8 Å². The molecule has 0 bridgehead atoms. The predicted octanol–water partition coefficient (Wildman–Crippen LogP) is 0.664. The zero-order valence-electron chi connectivity index (χ0n) is 11.0. The molecule has 6 nitrogen and oxygen atoms in total. The molecule has 0 aromatic carbocycles. The lowest BCUT2D eigenvalue weighted by atomic mass is 10.2. The number of nitrogens with zero attached hydrogens (tertiary/aromatic N) is 1. The molecular formula is C11H23NO5S. The van der Waals surface area contributed by atoms with E-state index < -0.39 is 21.2 Å². The van der Waals surface area contributed by atoms with E-state index in [4.69, 9.17) is 10.2 Å². The minimum absolute atomic E-state index is 0.0495. The Bertz CT molecular complexity index is 341. The second-order valence-corrected chi connectivity index (χ2v) is 6.46. The highest BCUT2D eigenvalue weighted by Gasteiger charge is 2.33. The molecule has 18 heavy (non-hydrogen) atoms. The molecule has 0 aliphatic carbocycles. The first kappa shape index (κ1) is 17.3. The summed E-state index contributed by atoms with van der Waals surface area (Å²) >= 11 is 0. The van der Waals surface area contributed by atoms with E-state index in [0.717, 1.165) is 30.5 Å². The summed E-state index contributed by atoms with van der Waals surface area (Å²) in [6.07, 6.45) is 3.63. The Labute approximate surface area is 109 Å². The predicted molar refractivity (Wildman–Crippen MR) is 68.8 cm³/mol. The summed E-state index contributed by atoms with van der Waals surface area (Å²) in [6.45, 7) is 3.11. The summed E-state index contributed by atoms with van der Waals surface area (Å²) in [6, 6.07) is 0. The normalized spacial score (nSPS) is 13.8. The molecule has 0 aromatic heterocycles. The molecular weight excluding hydrogens is 258 g/mol. The average Bonchev–Trinajstić information content (AvgIpc) is 2.31. The molecule has 0 aromatic rings. The molecule has 0 aliphatic heterocycles. The van der Waals surface area contributed by atoms with Gasteiger partial charge in [0.15, 0.2) is 5.25 Å². The van der Waals surface area contributed by atoms with Gasteiger partial charge in [0.1, 0.15) is 0 Å². The molecule has 7 heteroatoms. The minimum Gasteiger partial charge on any atom is -0.480 e. The van der Waals surface area contributed by atoms with Crippen molar-refractivity contribution in [2.24, 2.45) is 0 Å². The molecule has 0 aliphatic rings. The zero-order valence-corrected chi connectivity index (χ0v) is 11.8. The summed E-state index contributed by atoms with van der Waals surface area (Å²) in [5.41, 5.74) is 0. The lowest BCUT2D eigenvalue weighted by Crippen LogP contribution is -2.43.